The second-order valence-corrected chi connectivity index (χ2v) is 6.09. The van der Waals surface area contributed by atoms with Crippen LogP contribution in [-0.2, 0) is 0 Å². The Kier molecular flexibility index (Phi) is 4.13. The van der Waals surface area contributed by atoms with Gasteiger partial charge >= 0.3 is 108 Å². The molecule has 0 radical (unpaired) electrons. The van der Waals surface area contributed by atoms with Gasteiger partial charge in [0, 0.05) is 0 Å². The van der Waals surface area contributed by atoms with Crippen LogP contribution in [0.1, 0.15) is 15.9 Å². The second-order valence-electron chi connectivity index (χ2n) is 3.89. The maximum atomic E-state index is 11.9. The van der Waals surface area contributed by atoms with Crippen molar-refractivity contribution >= 4 is 25.2 Å². The molecular weight excluding hydrogens is 275 g/mol. The third kappa shape index (κ3) is 3.55. The molecule has 0 heterocycles. The molecule has 0 aliphatic carbocycles. The number of carbonyl (C=O) groups excluding carboxylic acids is 1. The van der Waals surface area contributed by atoms with Crippen molar-refractivity contribution in [3.63, 3.8) is 0 Å². The molecule has 1 nitrogen and oxygen atoms in total. The van der Waals surface area contributed by atoms with Crippen LogP contribution in [-0.4, -0.2) is 20.7 Å². The van der Waals surface area contributed by atoms with Crippen molar-refractivity contribution in [2.24, 2.45) is 0 Å². The molecule has 0 atom stereocenters. The number of Topliss-reactive ketones (excluding diaryl/α,β-unsaturated/α-hetero) is 1. The summed E-state index contributed by atoms with van der Waals surface area (Å²) in [6.45, 7) is 2.08. The SMILES string of the molecule is Cc1cccc([Se]CC(=O)c2ccccc2)c1. The predicted octanol–water partition coefficient (Wildman–Crippen LogP) is 2.63. The van der Waals surface area contributed by atoms with Crippen molar-refractivity contribution in [1.29, 1.82) is 0 Å². The quantitative estimate of drug-likeness (QED) is 0.624. The third-order valence-corrected chi connectivity index (χ3v) is 4.54. The Labute approximate surface area is 108 Å². The van der Waals surface area contributed by atoms with Crippen molar-refractivity contribution in [3.8, 4) is 0 Å². The Morgan fingerprint density at radius 3 is 2.53 bits per heavy atom. The standard InChI is InChI=1S/C15H14OSe/c1-12-6-5-9-14(10-12)17-11-15(16)13-7-3-2-4-8-13/h2-10H,11H2,1H3. The molecule has 2 heteroatoms. The average molecular weight is 289 g/mol. The summed E-state index contributed by atoms with van der Waals surface area (Å²) in [7, 11) is 0. The number of hydrogen-bond acceptors (Lipinski definition) is 1. The molecular formula is C15H14OSe. The number of carbonyl (C=O) groups is 1. The van der Waals surface area contributed by atoms with E-state index in [9.17, 15) is 4.79 Å². The van der Waals surface area contributed by atoms with Crippen LogP contribution in [0, 0.1) is 6.92 Å². The summed E-state index contributed by atoms with van der Waals surface area (Å²) in [5.74, 6) is 0.243. The Morgan fingerprint density at radius 1 is 1.06 bits per heavy atom. The Bertz CT molecular complexity index is 505. The number of benzene rings is 2. The van der Waals surface area contributed by atoms with Gasteiger partial charge in [-0.3, -0.25) is 0 Å². The summed E-state index contributed by atoms with van der Waals surface area (Å²) in [5.41, 5.74) is 2.08. The van der Waals surface area contributed by atoms with Crippen molar-refractivity contribution < 1.29 is 4.79 Å². The van der Waals surface area contributed by atoms with E-state index in [4.69, 9.17) is 0 Å². The van der Waals surface area contributed by atoms with Crippen molar-refractivity contribution in [1.82, 2.24) is 0 Å². The zero-order chi connectivity index (χ0) is 12.1. The molecule has 0 bridgehead atoms. The average Bonchev–Trinajstić information content (AvgIpc) is 2.37. The molecule has 0 N–H and O–H groups in total. The monoisotopic (exact) mass is 290 g/mol. The fourth-order valence-corrected chi connectivity index (χ4v) is 3.47. The fraction of sp³-hybridized carbons (Fsp3) is 0.133. The second kappa shape index (κ2) is 5.81. The number of aryl methyl sites for hydroxylation is 1. The van der Waals surface area contributed by atoms with Gasteiger partial charge in [0.1, 0.15) is 0 Å². The topological polar surface area (TPSA) is 17.1 Å². The summed E-state index contributed by atoms with van der Waals surface area (Å²) in [5, 5.41) is 0.639. The van der Waals surface area contributed by atoms with Gasteiger partial charge in [-0.05, 0) is 0 Å². The van der Waals surface area contributed by atoms with Crippen molar-refractivity contribution in [3.05, 3.63) is 65.7 Å². The van der Waals surface area contributed by atoms with E-state index in [2.05, 4.69) is 31.2 Å². The summed E-state index contributed by atoms with van der Waals surface area (Å²) in [6.07, 6.45) is 0. The van der Waals surface area contributed by atoms with E-state index in [1.807, 2.05) is 30.3 Å². The van der Waals surface area contributed by atoms with E-state index >= 15 is 0 Å². The van der Waals surface area contributed by atoms with Crippen LogP contribution in [0.25, 0.3) is 0 Å². The first-order valence-electron chi connectivity index (χ1n) is 5.53. The summed E-state index contributed by atoms with van der Waals surface area (Å²) >= 11 is 0.235. The molecule has 0 aliphatic heterocycles. The molecule has 0 spiro atoms. The Balaban J connectivity index is 1.97. The fourth-order valence-electron chi connectivity index (χ4n) is 1.56. The Morgan fingerprint density at radius 2 is 1.82 bits per heavy atom. The van der Waals surface area contributed by atoms with E-state index in [1.165, 1.54) is 10.0 Å². The van der Waals surface area contributed by atoms with Crippen LogP contribution in [0.3, 0.4) is 0 Å². The minimum absolute atomic E-state index is 0.235. The van der Waals surface area contributed by atoms with Crippen LogP contribution >= 0.6 is 0 Å². The van der Waals surface area contributed by atoms with E-state index in [1.54, 1.807) is 0 Å². The molecule has 2 aromatic rings. The minimum atomic E-state index is 0.235. The van der Waals surface area contributed by atoms with Gasteiger partial charge in [0.25, 0.3) is 0 Å². The van der Waals surface area contributed by atoms with Gasteiger partial charge in [0.05, 0.1) is 0 Å². The third-order valence-electron chi connectivity index (χ3n) is 2.46. The molecule has 17 heavy (non-hydrogen) atoms. The van der Waals surface area contributed by atoms with Crippen LogP contribution < -0.4 is 4.46 Å². The number of rotatable bonds is 4. The van der Waals surface area contributed by atoms with Crippen molar-refractivity contribution in [2.75, 3.05) is 0 Å². The van der Waals surface area contributed by atoms with E-state index in [0.717, 1.165) is 5.56 Å². The molecule has 0 saturated carbocycles. The zero-order valence-corrected chi connectivity index (χ0v) is 11.4. The molecule has 0 aromatic heterocycles. The van der Waals surface area contributed by atoms with Gasteiger partial charge < -0.3 is 0 Å². The molecule has 2 aromatic carbocycles. The molecule has 0 unspecified atom stereocenters. The molecule has 86 valence electrons. The van der Waals surface area contributed by atoms with E-state index in [0.29, 0.717) is 5.32 Å². The molecule has 0 aliphatic rings. The first-order valence-corrected chi connectivity index (χ1v) is 7.60. The van der Waals surface area contributed by atoms with Crippen LogP contribution in [0.5, 0.6) is 0 Å². The van der Waals surface area contributed by atoms with Gasteiger partial charge in [0.2, 0.25) is 0 Å². The molecule has 0 saturated heterocycles. The van der Waals surface area contributed by atoms with Gasteiger partial charge in [0.15, 0.2) is 0 Å². The number of ketones is 1. The first kappa shape index (κ1) is 12.1. The van der Waals surface area contributed by atoms with Crippen LogP contribution in [0.15, 0.2) is 54.6 Å². The Hall–Kier alpha value is -1.37. The maximum absolute atomic E-state index is 11.9. The zero-order valence-electron chi connectivity index (χ0n) is 9.72. The predicted molar refractivity (Wildman–Crippen MR) is 72.1 cm³/mol. The van der Waals surface area contributed by atoms with Gasteiger partial charge in [-0.25, -0.2) is 0 Å². The summed E-state index contributed by atoms with van der Waals surface area (Å²) in [4.78, 5) is 11.9. The number of hydrogen-bond donors (Lipinski definition) is 0. The van der Waals surface area contributed by atoms with Gasteiger partial charge in [-0.15, -0.1) is 0 Å². The normalized spacial score (nSPS) is 10.2. The van der Waals surface area contributed by atoms with Crippen molar-refractivity contribution in [2.45, 2.75) is 12.2 Å². The molecule has 0 fully saturated rings. The molecule has 0 amide bonds. The van der Waals surface area contributed by atoms with Crippen LogP contribution in [0.4, 0.5) is 0 Å². The summed E-state index contributed by atoms with van der Waals surface area (Å²) < 4.78 is 1.29. The van der Waals surface area contributed by atoms with E-state index < -0.39 is 0 Å². The van der Waals surface area contributed by atoms with Gasteiger partial charge in [-0.2, -0.15) is 0 Å². The van der Waals surface area contributed by atoms with Crippen LogP contribution in [0.2, 0.25) is 5.32 Å². The summed E-state index contributed by atoms with van der Waals surface area (Å²) in [6, 6.07) is 17.9. The molecule has 2 rings (SSSR count). The first-order chi connectivity index (χ1) is 8.25. The van der Waals surface area contributed by atoms with Gasteiger partial charge in [-0.1, -0.05) is 0 Å². The van der Waals surface area contributed by atoms with E-state index in [-0.39, 0.29) is 20.7 Å².